The molecule has 2 rings (SSSR count). The Morgan fingerprint density at radius 1 is 1.07 bits per heavy atom. The number of ketones is 1. The number of amidine groups is 1. The van der Waals surface area contributed by atoms with Gasteiger partial charge in [-0.1, -0.05) is 67.0 Å². The van der Waals surface area contributed by atoms with Crippen LogP contribution in [0.15, 0.2) is 47.1 Å². The summed E-state index contributed by atoms with van der Waals surface area (Å²) in [5.41, 5.74) is 3.93. The van der Waals surface area contributed by atoms with E-state index in [1.165, 1.54) is 0 Å². The molecule has 2 aromatic rings. The van der Waals surface area contributed by atoms with Crippen molar-refractivity contribution in [3.8, 4) is 18.1 Å². The molecule has 0 spiro atoms. The largest absolute Gasteiger partial charge is 0.494 e. The molecule has 3 N–H and O–H groups in total. The molecular weight excluding hydrogens is 498 g/mol. The Hall–Kier alpha value is -3.92. The maximum Gasteiger partial charge on any atom is 0.166 e. The Kier molecular flexibility index (Phi) is 25.7. The lowest BCUT2D eigenvalue weighted by atomic mass is 10.1. The second-order valence-corrected chi connectivity index (χ2v) is 7.54. The second kappa shape index (κ2) is 25.4. The Labute approximate surface area is 244 Å². The van der Waals surface area contributed by atoms with Gasteiger partial charge in [0.25, 0.3) is 0 Å². The molecule has 222 valence electrons. The first-order chi connectivity index (χ1) is 19.2. The molecule has 0 aliphatic rings. The standard InChI is InChI=1S/C23H29N5O2.C4H6.3C2H6/c1-7-20(29)17-13-26-22(28-21(25-5)11-14(2)3)12-19(17)27-18-10-8-9-16(15(4)24)23(18)30-6;1-3-4-2;3*1-2/h8-13,24H,7H2,1-6H3,(H2,25,26,27,28);1H,4H2,2H3;3*1-2H3. The third kappa shape index (κ3) is 14.9. The average molecular weight is 552 g/mol. The fourth-order valence-corrected chi connectivity index (χ4v) is 2.90. The van der Waals surface area contributed by atoms with E-state index < -0.39 is 0 Å². The Morgan fingerprint density at radius 2 is 1.65 bits per heavy atom. The number of nitrogens with zero attached hydrogens (tertiary/aromatic N) is 2. The summed E-state index contributed by atoms with van der Waals surface area (Å²) in [6.45, 7) is 21.4. The number of aliphatic imine (C=N–C) groups is 1. The van der Waals surface area contributed by atoms with E-state index in [1.807, 2.05) is 93.5 Å². The molecular formula is C33H53N5O2. The third-order valence-corrected chi connectivity index (χ3v) is 4.54. The van der Waals surface area contributed by atoms with Crippen LogP contribution in [0, 0.1) is 17.8 Å². The number of Topliss-reactive ketones (excluding diaryl/α,β-unsaturated/α-hetero) is 1. The molecule has 0 unspecified atom stereocenters. The van der Waals surface area contributed by atoms with E-state index in [-0.39, 0.29) is 5.78 Å². The molecule has 0 saturated heterocycles. The van der Waals surface area contributed by atoms with E-state index in [1.54, 1.807) is 33.3 Å². The van der Waals surface area contributed by atoms with Crippen molar-refractivity contribution in [3.63, 3.8) is 0 Å². The van der Waals surface area contributed by atoms with Crippen LogP contribution in [0.1, 0.15) is 105 Å². The lowest BCUT2D eigenvalue weighted by molar-refractivity contribution is 0.0988. The maximum absolute atomic E-state index is 12.5. The van der Waals surface area contributed by atoms with Gasteiger partial charge in [-0.25, -0.2) is 4.98 Å². The minimum Gasteiger partial charge on any atom is -0.494 e. The van der Waals surface area contributed by atoms with Crippen molar-refractivity contribution in [1.29, 1.82) is 5.41 Å². The molecule has 0 amide bonds. The fourth-order valence-electron chi connectivity index (χ4n) is 2.90. The van der Waals surface area contributed by atoms with Gasteiger partial charge in [-0.15, -0.1) is 12.3 Å². The average Bonchev–Trinajstić information content (AvgIpc) is 2.99. The quantitative estimate of drug-likeness (QED) is 0.131. The first kappa shape index (κ1) is 40.6. The minimum atomic E-state index is -0.0245. The molecule has 1 aromatic heterocycles. The minimum absolute atomic E-state index is 0.0245. The van der Waals surface area contributed by atoms with E-state index >= 15 is 0 Å². The molecule has 0 saturated carbocycles. The number of allylic oxidation sites excluding steroid dienone is 1. The van der Waals surface area contributed by atoms with E-state index in [2.05, 4.69) is 26.5 Å². The monoisotopic (exact) mass is 551 g/mol. The molecule has 40 heavy (non-hydrogen) atoms. The number of nitrogens with one attached hydrogen (secondary N) is 3. The van der Waals surface area contributed by atoms with E-state index in [0.29, 0.717) is 52.0 Å². The lowest BCUT2D eigenvalue weighted by Crippen LogP contribution is -2.12. The number of aromatic nitrogens is 1. The predicted molar refractivity (Wildman–Crippen MR) is 177 cm³/mol. The van der Waals surface area contributed by atoms with Crippen molar-refractivity contribution in [2.45, 2.75) is 89.0 Å². The number of carbonyl (C=O) groups is 1. The van der Waals surface area contributed by atoms with Crippen LogP contribution in [0.4, 0.5) is 17.2 Å². The molecule has 0 radical (unpaired) electrons. The van der Waals surface area contributed by atoms with Gasteiger partial charge >= 0.3 is 0 Å². The van der Waals surface area contributed by atoms with Crippen LogP contribution in [0.3, 0.4) is 0 Å². The van der Waals surface area contributed by atoms with Crippen molar-refractivity contribution in [3.05, 3.63) is 53.2 Å². The Morgan fingerprint density at radius 3 is 2.08 bits per heavy atom. The normalized spacial score (nSPS) is 9.15. The number of carbonyl (C=O) groups excluding carboxylic acids is 1. The number of benzene rings is 1. The van der Waals surface area contributed by atoms with Gasteiger partial charge in [0.2, 0.25) is 0 Å². The van der Waals surface area contributed by atoms with Crippen molar-refractivity contribution in [2.75, 3.05) is 24.8 Å². The highest BCUT2D eigenvalue weighted by atomic mass is 16.5. The predicted octanol–water partition coefficient (Wildman–Crippen LogP) is 9.33. The Balaban J connectivity index is -0.00000121. The van der Waals surface area contributed by atoms with Gasteiger partial charge in [0.15, 0.2) is 11.5 Å². The molecule has 7 heteroatoms. The number of rotatable bonds is 8. The van der Waals surface area contributed by atoms with E-state index in [0.717, 1.165) is 12.0 Å². The molecule has 1 heterocycles. The van der Waals surface area contributed by atoms with Gasteiger partial charge in [-0.2, -0.15) is 0 Å². The summed E-state index contributed by atoms with van der Waals surface area (Å²) in [5, 5.41) is 14.5. The summed E-state index contributed by atoms with van der Waals surface area (Å²) < 4.78 is 5.55. The number of anilines is 3. The highest BCUT2D eigenvalue weighted by Gasteiger charge is 2.16. The zero-order valence-electron chi connectivity index (χ0n) is 27.2. The second-order valence-electron chi connectivity index (χ2n) is 7.54. The summed E-state index contributed by atoms with van der Waals surface area (Å²) >= 11 is 0. The SMILES string of the molecule is C#CCC.CC.CC.CC.CCC(=O)c1cnc(NC(C=C(C)C)=NC)cc1Nc1cccc(C(C)=N)c1OC. The fraction of sp³-hybridized carbons (Fsp3) is 0.455. The van der Waals surface area contributed by atoms with Gasteiger partial charge < -0.3 is 20.8 Å². The molecule has 0 atom stereocenters. The number of methoxy groups -OCH3 is 1. The van der Waals surface area contributed by atoms with Gasteiger partial charge in [0.1, 0.15) is 11.7 Å². The van der Waals surface area contributed by atoms with Crippen molar-refractivity contribution in [2.24, 2.45) is 4.99 Å². The number of terminal acetylenes is 1. The number of para-hydroxylation sites is 1. The highest BCUT2D eigenvalue weighted by Crippen LogP contribution is 2.33. The van der Waals surface area contributed by atoms with Crippen LogP contribution in [-0.2, 0) is 0 Å². The molecule has 0 fully saturated rings. The summed E-state index contributed by atoms with van der Waals surface area (Å²) in [4.78, 5) is 21.1. The summed E-state index contributed by atoms with van der Waals surface area (Å²) in [5.74, 6) is 4.18. The smallest absolute Gasteiger partial charge is 0.166 e. The number of hydrogen-bond acceptors (Lipinski definition) is 6. The van der Waals surface area contributed by atoms with E-state index in [9.17, 15) is 4.79 Å². The molecule has 0 bridgehead atoms. The zero-order chi connectivity index (χ0) is 31.7. The summed E-state index contributed by atoms with van der Waals surface area (Å²) in [6.07, 6.45) is 9.46. The number of hydrogen-bond donors (Lipinski definition) is 3. The van der Waals surface area contributed by atoms with Gasteiger partial charge in [-0.3, -0.25) is 9.79 Å². The zero-order valence-corrected chi connectivity index (χ0v) is 27.2. The summed E-state index contributed by atoms with van der Waals surface area (Å²) in [6, 6.07) is 7.29. The van der Waals surface area contributed by atoms with Crippen molar-refractivity contribution in [1.82, 2.24) is 4.98 Å². The van der Waals surface area contributed by atoms with Crippen molar-refractivity contribution >= 4 is 34.5 Å². The number of ether oxygens (including phenoxy) is 1. The highest BCUT2D eigenvalue weighted by molar-refractivity contribution is 6.06. The van der Waals surface area contributed by atoms with Gasteiger partial charge in [0.05, 0.1) is 24.0 Å². The third-order valence-electron chi connectivity index (χ3n) is 4.54. The number of pyridine rings is 1. The van der Waals surface area contributed by atoms with Crippen LogP contribution < -0.4 is 15.4 Å². The topological polar surface area (TPSA) is 99.5 Å². The van der Waals surface area contributed by atoms with Crippen LogP contribution in [0.25, 0.3) is 0 Å². The molecule has 1 aromatic carbocycles. The molecule has 0 aliphatic carbocycles. The lowest BCUT2D eigenvalue weighted by Gasteiger charge is -2.17. The van der Waals surface area contributed by atoms with Crippen LogP contribution in [-0.4, -0.2) is 36.5 Å². The molecule has 7 nitrogen and oxygen atoms in total. The van der Waals surface area contributed by atoms with Crippen LogP contribution >= 0.6 is 0 Å². The first-order valence-corrected chi connectivity index (χ1v) is 14.1. The summed E-state index contributed by atoms with van der Waals surface area (Å²) in [7, 11) is 3.26. The van der Waals surface area contributed by atoms with E-state index in [4.69, 9.17) is 16.6 Å². The van der Waals surface area contributed by atoms with Crippen LogP contribution in [0.2, 0.25) is 0 Å². The van der Waals surface area contributed by atoms with Crippen LogP contribution in [0.5, 0.6) is 5.75 Å². The Bertz CT molecular complexity index is 1110. The first-order valence-electron chi connectivity index (χ1n) is 14.1. The van der Waals surface area contributed by atoms with Gasteiger partial charge in [0, 0.05) is 43.4 Å². The maximum atomic E-state index is 12.5. The molecule has 0 aliphatic heterocycles. The van der Waals surface area contributed by atoms with Crippen molar-refractivity contribution < 1.29 is 9.53 Å². The van der Waals surface area contributed by atoms with Gasteiger partial charge in [-0.05, 0) is 39.0 Å².